The molecule has 7 nitrogen and oxygen atoms in total. The average molecular weight is 597 g/mol. The summed E-state index contributed by atoms with van der Waals surface area (Å²) in [4.78, 5) is 0. The first-order valence-electron chi connectivity index (χ1n) is 14.8. The zero-order valence-corrected chi connectivity index (χ0v) is 25.0. The second kappa shape index (κ2) is 16.8. The molecular formula is C37H40O7. The van der Waals surface area contributed by atoms with Crippen LogP contribution in [0.2, 0.25) is 0 Å². The Balaban J connectivity index is 1.43. The van der Waals surface area contributed by atoms with Crippen LogP contribution in [-0.2, 0) is 43.5 Å². The van der Waals surface area contributed by atoms with Crippen molar-refractivity contribution in [2.24, 2.45) is 0 Å². The number of hydrogen-bond acceptors (Lipinski definition) is 7. The first-order valence-corrected chi connectivity index (χ1v) is 14.8. The van der Waals surface area contributed by atoms with Crippen LogP contribution >= 0.6 is 0 Å². The highest BCUT2D eigenvalue weighted by Gasteiger charge is 2.49. The quantitative estimate of drug-likeness (QED) is 0.133. The Bertz CT molecular complexity index is 1370. The molecule has 0 radical (unpaired) electrons. The summed E-state index contributed by atoms with van der Waals surface area (Å²) < 4.78 is 44.2. The summed E-state index contributed by atoms with van der Waals surface area (Å²) in [6, 6.07) is 37.4. The van der Waals surface area contributed by atoms with Crippen LogP contribution in [0.25, 0.3) is 0 Å². The molecule has 0 bridgehead atoms. The first-order chi connectivity index (χ1) is 21.7. The second-order valence-corrected chi connectivity index (χ2v) is 10.4. The molecule has 0 spiro atoms. The van der Waals surface area contributed by atoms with Gasteiger partial charge in [0, 0.05) is 0 Å². The fraction of sp³-hybridized carbons (Fsp3) is 0.297. The van der Waals surface area contributed by atoms with Gasteiger partial charge in [-0.25, -0.2) is 0 Å². The Morgan fingerprint density at radius 2 is 1.14 bits per heavy atom. The third-order valence-electron chi connectivity index (χ3n) is 7.27. The van der Waals surface area contributed by atoms with Crippen molar-refractivity contribution in [2.45, 2.75) is 50.5 Å². The zero-order valence-electron chi connectivity index (χ0n) is 25.0. The molecule has 4 aromatic rings. The van der Waals surface area contributed by atoms with E-state index >= 15 is 0 Å². The largest absolute Gasteiger partial charge is 0.497 e. The van der Waals surface area contributed by atoms with Gasteiger partial charge < -0.3 is 33.2 Å². The Morgan fingerprint density at radius 3 is 1.68 bits per heavy atom. The lowest BCUT2D eigenvalue weighted by Crippen LogP contribution is -2.62. The molecule has 0 unspecified atom stereocenters. The van der Waals surface area contributed by atoms with Crippen LogP contribution in [0, 0.1) is 0 Å². The molecule has 1 fully saturated rings. The van der Waals surface area contributed by atoms with Gasteiger partial charge in [0.2, 0.25) is 6.29 Å². The molecule has 0 aromatic heterocycles. The maximum Gasteiger partial charge on any atom is 0.229 e. The van der Waals surface area contributed by atoms with Gasteiger partial charge in [-0.15, -0.1) is 6.58 Å². The molecule has 4 aromatic carbocycles. The monoisotopic (exact) mass is 596 g/mol. The van der Waals surface area contributed by atoms with Crippen LogP contribution in [0.3, 0.4) is 0 Å². The van der Waals surface area contributed by atoms with Gasteiger partial charge in [0.1, 0.15) is 35.9 Å². The van der Waals surface area contributed by atoms with E-state index in [1.165, 1.54) is 0 Å². The van der Waals surface area contributed by atoms with E-state index in [1.54, 1.807) is 13.2 Å². The molecule has 0 N–H and O–H groups in total. The summed E-state index contributed by atoms with van der Waals surface area (Å²) in [5, 5.41) is 0. The molecule has 1 aliphatic rings. The van der Waals surface area contributed by atoms with Crippen LogP contribution in [0.15, 0.2) is 128 Å². The van der Waals surface area contributed by atoms with E-state index in [4.69, 9.17) is 33.2 Å². The molecule has 0 saturated carbocycles. The molecule has 5 atom stereocenters. The summed E-state index contributed by atoms with van der Waals surface area (Å²) in [5.41, 5.74) is 3.13. The molecule has 1 heterocycles. The predicted octanol–water partition coefficient (Wildman–Crippen LogP) is 6.76. The number of ether oxygens (including phenoxy) is 7. The van der Waals surface area contributed by atoms with Crippen LogP contribution in [-0.4, -0.2) is 51.0 Å². The summed E-state index contributed by atoms with van der Waals surface area (Å²) in [5.74, 6) is 1.34. The highest BCUT2D eigenvalue weighted by molar-refractivity contribution is 5.31. The molecule has 1 saturated heterocycles. The normalized spacial score (nSPS) is 21.4. The minimum Gasteiger partial charge on any atom is -0.497 e. The topological polar surface area (TPSA) is 64.6 Å². The third kappa shape index (κ3) is 9.02. The molecule has 0 amide bonds. The van der Waals surface area contributed by atoms with E-state index in [9.17, 15) is 0 Å². The lowest BCUT2D eigenvalue weighted by Gasteiger charge is -2.45. The highest BCUT2D eigenvalue weighted by Crippen LogP contribution is 2.32. The van der Waals surface area contributed by atoms with Crippen molar-refractivity contribution in [3.05, 3.63) is 145 Å². The van der Waals surface area contributed by atoms with Crippen molar-refractivity contribution >= 4 is 0 Å². The van der Waals surface area contributed by atoms with Crippen LogP contribution in [0.4, 0.5) is 0 Å². The molecule has 7 heteroatoms. The van der Waals surface area contributed by atoms with Gasteiger partial charge >= 0.3 is 0 Å². The minimum absolute atomic E-state index is 0.260. The van der Waals surface area contributed by atoms with Gasteiger partial charge in [0.05, 0.1) is 40.1 Å². The van der Waals surface area contributed by atoms with E-state index in [2.05, 4.69) is 6.58 Å². The molecule has 0 aliphatic carbocycles. The predicted molar refractivity (Wildman–Crippen MR) is 168 cm³/mol. The van der Waals surface area contributed by atoms with Crippen molar-refractivity contribution in [2.75, 3.05) is 20.3 Å². The van der Waals surface area contributed by atoms with Gasteiger partial charge in [-0.05, 0) is 41.0 Å². The van der Waals surface area contributed by atoms with E-state index in [0.717, 1.165) is 22.4 Å². The average Bonchev–Trinajstić information content (AvgIpc) is 3.08. The van der Waals surface area contributed by atoms with E-state index in [1.807, 2.05) is 115 Å². The van der Waals surface area contributed by atoms with E-state index in [0.29, 0.717) is 32.2 Å². The highest BCUT2D eigenvalue weighted by atomic mass is 16.7. The van der Waals surface area contributed by atoms with Crippen LogP contribution in [0.1, 0.15) is 16.7 Å². The molecule has 1 aliphatic heterocycles. The lowest BCUT2D eigenvalue weighted by atomic mass is 9.98. The molecule has 5 rings (SSSR count). The SMILES string of the molecule is C=CCO[C@H]1[C@@H](OCc2ccccc2)[C@@H](COCc2ccccc2)O[C@H](Oc2ccc(OC)cc2)[C@@H]1OCc1ccccc1. The van der Waals surface area contributed by atoms with Crippen molar-refractivity contribution < 1.29 is 33.2 Å². The van der Waals surface area contributed by atoms with E-state index in [-0.39, 0.29) is 6.61 Å². The Hall–Kier alpha value is -3.98. The van der Waals surface area contributed by atoms with Gasteiger partial charge in [0.25, 0.3) is 0 Å². The Labute approximate surface area is 259 Å². The number of rotatable bonds is 16. The Kier molecular flexibility index (Phi) is 12.0. The lowest BCUT2D eigenvalue weighted by molar-refractivity contribution is -0.307. The number of benzene rings is 4. The second-order valence-electron chi connectivity index (χ2n) is 10.4. The van der Waals surface area contributed by atoms with Gasteiger partial charge in [-0.2, -0.15) is 0 Å². The summed E-state index contributed by atoms with van der Waals surface area (Å²) in [6.45, 7) is 5.58. The maximum atomic E-state index is 6.66. The van der Waals surface area contributed by atoms with Crippen molar-refractivity contribution in [1.29, 1.82) is 0 Å². The number of methoxy groups -OCH3 is 1. The van der Waals surface area contributed by atoms with Crippen LogP contribution < -0.4 is 9.47 Å². The summed E-state index contributed by atoms with van der Waals surface area (Å²) >= 11 is 0. The van der Waals surface area contributed by atoms with Crippen LogP contribution in [0.5, 0.6) is 11.5 Å². The molecular weight excluding hydrogens is 556 g/mol. The van der Waals surface area contributed by atoms with E-state index < -0.39 is 30.7 Å². The first kappa shape index (κ1) is 31.4. The summed E-state index contributed by atoms with van der Waals surface area (Å²) in [7, 11) is 1.63. The van der Waals surface area contributed by atoms with Crippen molar-refractivity contribution in [3.63, 3.8) is 0 Å². The van der Waals surface area contributed by atoms with Crippen molar-refractivity contribution in [3.8, 4) is 11.5 Å². The maximum absolute atomic E-state index is 6.66. The molecule has 44 heavy (non-hydrogen) atoms. The third-order valence-corrected chi connectivity index (χ3v) is 7.27. The van der Waals surface area contributed by atoms with Gasteiger partial charge in [-0.1, -0.05) is 97.1 Å². The minimum atomic E-state index is -0.816. The van der Waals surface area contributed by atoms with Gasteiger partial charge in [-0.3, -0.25) is 0 Å². The zero-order chi connectivity index (χ0) is 30.4. The number of hydrogen-bond donors (Lipinski definition) is 0. The Morgan fingerprint density at radius 1 is 0.614 bits per heavy atom. The standard InChI is InChI=1S/C37H40O7/c1-3-23-40-35-34(41-25-29-15-9-5-10-16-29)33(27-39-24-28-13-7-4-8-14-28)44-37(43-32-21-19-31(38-2)20-22-32)36(35)42-26-30-17-11-6-12-18-30/h3-22,33-37H,1,23-27H2,2H3/t33-,34+,35+,36-,37+/m1/s1. The fourth-order valence-corrected chi connectivity index (χ4v) is 5.04. The smallest absolute Gasteiger partial charge is 0.229 e. The fourth-order valence-electron chi connectivity index (χ4n) is 5.04. The van der Waals surface area contributed by atoms with Gasteiger partial charge in [0.15, 0.2) is 0 Å². The summed E-state index contributed by atoms with van der Waals surface area (Å²) in [6.07, 6.45) is -1.33. The molecule has 230 valence electrons. The van der Waals surface area contributed by atoms with Crippen molar-refractivity contribution in [1.82, 2.24) is 0 Å².